The minimum absolute atomic E-state index is 0.00965. The lowest BCUT2D eigenvalue weighted by Crippen LogP contribution is -2.63. The molecule has 1 unspecified atom stereocenters. The average Bonchev–Trinajstić information content (AvgIpc) is 3.76. The van der Waals surface area contributed by atoms with E-state index in [9.17, 15) is 17.6 Å². The quantitative estimate of drug-likeness (QED) is 0.470. The molecule has 3 saturated heterocycles. The summed E-state index contributed by atoms with van der Waals surface area (Å²) in [5.74, 6) is 0.0425. The van der Waals surface area contributed by atoms with Gasteiger partial charge in [-0.2, -0.15) is 0 Å². The number of sulfonamides is 1. The number of benzene rings is 1. The standard InChI is InChI=1S/C31H49FN4O4S/c1-23-22-34(31(5)13-17-33(18-14-31)29(37)40-30(2,3)4)19-20-36(23)28(25-7-6-8-26(32)21-25)24-11-15-35(16-12-24)41(38,39)27-9-10-27/h6-8,21,23-24,27-28H,9-20,22H2,1-5H3/t23-,28?/m0/s1. The Bertz CT molecular complexity index is 1180. The number of ether oxygens (including phenoxy) is 1. The first kappa shape index (κ1) is 30.7. The monoisotopic (exact) mass is 592 g/mol. The number of carbonyl (C=O) groups is 1. The van der Waals surface area contributed by atoms with Crippen molar-refractivity contribution in [1.29, 1.82) is 0 Å². The van der Waals surface area contributed by atoms with E-state index in [1.165, 1.54) is 6.07 Å². The van der Waals surface area contributed by atoms with E-state index < -0.39 is 15.6 Å². The first-order valence-corrected chi connectivity index (χ1v) is 17.0. The van der Waals surface area contributed by atoms with E-state index >= 15 is 0 Å². The highest BCUT2D eigenvalue weighted by Gasteiger charge is 2.45. The van der Waals surface area contributed by atoms with Gasteiger partial charge in [-0.15, -0.1) is 0 Å². The smallest absolute Gasteiger partial charge is 0.410 e. The fraction of sp³-hybridized carbons (Fsp3) is 0.774. The molecule has 1 aliphatic carbocycles. The summed E-state index contributed by atoms with van der Waals surface area (Å²) in [6.45, 7) is 15.5. The molecule has 0 spiro atoms. The summed E-state index contributed by atoms with van der Waals surface area (Å²) in [4.78, 5) is 19.6. The Kier molecular flexibility index (Phi) is 8.79. The zero-order chi connectivity index (χ0) is 29.6. The number of nitrogens with zero attached hydrogens (tertiary/aromatic N) is 4. The van der Waals surface area contributed by atoms with Crippen LogP contribution in [0.15, 0.2) is 24.3 Å². The van der Waals surface area contributed by atoms with Crippen LogP contribution in [0.2, 0.25) is 0 Å². The molecular formula is C31H49FN4O4S. The van der Waals surface area contributed by atoms with Gasteiger partial charge in [-0.25, -0.2) is 21.9 Å². The second kappa shape index (κ2) is 11.7. The summed E-state index contributed by atoms with van der Waals surface area (Å²) in [6, 6.07) is 7.31. The molecule has 2 atom stereocenters. The van der Waals surface area contributed by atoms with Crippen molar-refractivity contribution in [3.63, 3.8) is 0 Å². The molecule has 3 aliphatic heterocycles. The topological polar surface area (TPSA) is 73.4 Å². The molecular weight excluding hydrogens is 543 g/mol. The zero-order valence-electron chi connectivity index (χ0n) is 25.5. The van der Waals surface area contributed by atoms with E-state index in [1.807, 2.05) is 31.7 Å². The zero-order valence-corrected chi connectivity index (χ0v) is 26.3. The van der Waals surface area contributed by atoms with Crippen LogP contribution in [0.3, 0.4) is 0 Å². The average molecular weight is 593 g/mol. The van der Waals surface area contributed by atoms with E-state index in [2.05, 4.69) is 23.6 Å². The highest BCUT2D eigenvalue weighted by Crippen LogP contribution is 2.41. The molecule has 0 aromatic heterocycles. The van der Waals surface area contributed by atoms with Gasteiger partial charge in [-0.05, 0) is 96.8 Å². The van der Waals surface area contributed by atoms with Crippen LogP contribution in [-0.2, 0) is 14.8 Å². The van der Waals surface area contributed by atoms with E-state index in [1.54, 1.807) is 16.4 Å². The van der Waals surface area contributed by atoms with Gasteiger partial charge in [-0.3, -0.25) is 9.80 Å². The summed E-state index contributed by atoms with van der Waals surface area (Å²) in [5.41, 5.74) is 0.505. The van der Waals surface area contributed by atoms with Crippen LogP contribution in [0.25, 0.3) is 0 Å². The van der Waals surface area contributed by atoms with Gasteiger partial charge in [0.25, 0.3) is 0 Å². The molecule has 4 fully saturated rings. The van der Waals surface area contributed by atoms with Gasteiger partial charge in [0.05, 0.1) is 5.25 Å². The van der Waals surface area contributed by atoms with Crippen molar-refractivity contribution in [3.05, 3.63) is 35.6 Å². The number of halogens is 1. The third-order valence-corrected chi connectivity index (χ3v) is 12.1. The SMILES string of the molecule is C[C@H]1CN(C2(C)CCN(C(=O)OC(C)(C)C)CC2)CCN1C(c1cccc(F)c1)C1CCN(S(=O)(=O)C2CC2)CC1. The van der Waals surface area contributed by atoms with E-state index in [4.69, 9.17) is 4.74 Å². The molecule has 1 aromatic rings. The van der Waals surface area contributed by atoms with Gasteiger partial charge < -0.3 is 9.64 Å². The van der Waals surface area contributed by atoms with E-state index in [-0.39, 0.29) is 40.7 Å². The van der Waals surface area contributed by atoms with Crippen LogP contribution < -0.4 is 0 Å². The van der Waals surface area contributed by atoms with Gasteiger partial charge in [-0.1, -0.05) is 12.1 Å². The summed E-state index contributed by atoms with van der Waals surface area (Å²) >= 11 is 0. The third kappa shape index (κ3) is 6.92. The van der Waals surface area contributed by atoms with Gasteiger partial charge in [0.15, 0.2) is 0 Å². The Morgan fingerprint density at radius 2 is 1.68 bits per heavy atom. The summed E-state index contributed by atoms with van der Waals surface area (Å²) in [7, 11) is -3.17. The van der Waals surface area contributed by atoms with Crippen LogP contribution in [0.5, 0.6) is 0 Å². The number of likely N-dealkylation sites (tertiary alicyclic amines) is 1. The predicted molar refractivity (Wildman–Crippen MR) is 159 cm³/mol. The molecule has 3 heterocycles. The highest BCUT2D eigenvalue weighted by atomic mass is 32.2. The number of hydrogen-bond donors (Lipinski definition) is 0. The summed E-state index contributed by atoms with van der Waals surface area (Å²) in [5, 5.41) is -0.177. The van der Waals surface area contributed by atoms with E-state index in [0.29, 0.717) is 26.2 Å². The molecule has 230 valence electrons. The summed E-state index contributed by atoms with van der Waals surface area (Å²) in [6.07, 6.45) is 4.73. The molecule has 5 rings (SSSR count). The molecule has 1 amide bonds. The molecule has 41 heavy (non-hydrogen) atoms. The van der Waals surface area contributed by atoms with Crippen molar-refractivity contribution < 1.29 is 22.3 Å². The number of piperidine rings is 2. The minimum Gasteiger partial charge on any atom is -0.444 e. The lowest BCUT2D eigenvalue weighted by Gasteiger charge is -2.54. The van der Waals surface area contributed by atoms with Crippen LogP contribution in [0.4, 0.5) is 9.18 Å². The number of amides is 1. The van der Waals surface area contributed by atoms with Crippen LogP contribution in [0.1, 0.15) is 84.7 Å². The first-order valence-electron chi connectivity index (χ1n) is 15.5. The van der Waals surface area contributed by atoms with Crippen molar-refractivity contribution in [2.24, 2.45) is 5.92 Å². The molecule has 0 N–H and O–H groups in total. The maximum Gasteiger partial charge on any atom is 0.410 e. The number of carbonyl (C=O) groups excluding carboxylic acids is 1. The van der Waals surface area contributed by atoms with Crippen molar-refractivity contribution in [2.75, 3.05) is 45.8 Å². The lowest BCUT2D eigenvalue weighted by molar-refractivity contribution is -0.0472. The van der Waals surface area contributed by atoms with Gasteiger partial charge in [0.1, 0.15) is 11.4 Å². The van der Waals surface area contributed by atoms with Crippen LogP contribution >= 0.6 is 0 Å². The largest absolute Gasteiger partial charge is 0.444 e. The molecule has 4 aliphatic rings. The van der Waals surface area contributed by atoms with Crippen LogP contribution in [0, 0.1) is 11.7 Å². The minimum atomic E-state index is -3.17. The predicted octanol–water partition coefficient (Wildman–Crippen LogP) is 4.87. The van der Waals surface area contributed by atoms with Crippen molar-refractivity contribution in [2.45, 2.75) is 102 Å². The Balaban J connectivity index is 1.25. The van der Waals surface area contributed by atoms with E-state index in [0.717, 1.165) is 63.7 Å². The third-order valence-electron chi connectivity index (χ3n) is 9.73. The fourth-order valence-corrected chi connectivity index (χ4v) is 9.01. The van der Waals surface area contributed by atoms with Crippen molar-refractivity contribution in [3.8, 4) is 0 Å². The number of hydrogen-bond acceptors (Lipinski definition) is 6. The maximum absolute atomic E-state index is 14.5. The van der Waals surface area contributed by atoms with Gasteiger partial charge in [0, 0.05) is 63.4 Å². The fourth-order valence-electron chi connectivity index (χ4n) is 7.14. The molecule has 1 saturated carbocycles. The van der Waals surface area contributed by atoms with Crippen LogP contribution in [-0.4, -0.2) is 102 Å². The molecule has 8 nitrogen and oxygen atoms in total. The van der Waals surface area contributed by atoms with Crippen molar-refractivity contribution >= 4 is 16.1 Å². The number of rotatable bonds is 6. The second-order valence-corrected chi connectivity index (χ2v) is 16.2. The highest BCUT2D eigenvalue weighted by molar-refractivity contribution is 7.90. The number of piperazine rings is 1. The Labute approximate surface area is 246 Å². The first-order chi connectivity index (χ1) is 19.3. The Morgan fingerprint density at radius 1 is 1.02 bits per heavy atom. The maximum atomic E-state index is 14.5. The van der Waals surface area contributed by atoms with Gasteiger partial charge in [0.2, 0.25) is 10.0 Å². The summed E-state index contributed by atoms with van der Waals surface area (Å²) < 4.78 is 47.5. The normalized spacial score (nSPS) is 26.6. The molecule has 0 bridgehead atoms. The lowest BCUT2D eigenvalue weighted by atomic mass is 9.82. The Hall–Kier alpha value is -1.75. The van der Waals surface area contributed by atoms with Gasteiger partial charge >= 0.3 is 6.09 Å². The van der Waals surface area contributed by atoms with Crippen molar-refractivity contribution in [1.82, 2.24) is 19.0 Å². The Morgan fingerprint density at radius 3 is 2.24 bits per heavy atom. The molecule has 1 aromatic carbocycles. The molecule has 10 heteroatoms. The molecule has 0 radical (unpaired) electrons. The second-order valence-electron chi connectivity index (χ2n) is 14.0.